The summed E-state index contributed by atoms with van der Waals surface area (Å²) in [6.07, 6.45) is 6.82. The third-order valence-corrected chi connectivity index (χ3v) is 3.96. The number of carbonyl (C=O) groups is 1. The first-order valence-corrected chi connectivity index (χ1v) is 8.07. The maximum atomic E-state index is 12.1. The quantitative estimate of drug-likeness (QED) is 0.444. The summed E-state index contributed by atoms with van der Waals surface area (Å²) in [5.41, 5.74) is 8.72. The molecule has 0 spiro atoms. The SMILES string of the molecule is CCCCCNC(=S)NNC(=O)c1ccc2c(c1)CCC2. The number of carbonyl (C=O) groups excluding carboxylic acids is 1. The highest BCUT2D eigenvalue weighted by Gasteiger charge is 2.13. The zero-order chi connectivity index (χ0) is 15.1. The van der Waals surface area contributed by atoms with Gasteiger partial charge in [-0.15, -0.1) is 0 Å². The van der Waals surface area contributed by atoms with Crippen molar-refractivity contribution in [3.05, 3.63) is 34.9 Å². The van der Waals surface area contributed by atoms with Crippen molar-refractivity contribution in [3.63, 3.8) is 0 Å². The van der Waals surface area contributed by atoms with Crippen molar-refractivity contribution >= 4 is 23.2 Å². The molecule has 0 saturated carbocycles. The highest BCUT2D eigenvalue weighted by atomic mass is 32.1. The predicted molar refractivity (Wildman–Crippen MR) is 89.2 cm³/mol. The number of hydrogen-bond acceptors (Lipinski definition) is 2. The van der Waals surface area contributed by atoms with Gasteiger partial charge in [-0.25, -0.2) is 0 Å². The van der Waals surface area contributed by atoms with Gasteiger partial charge in [0.15, 0.2) is 5.11 Å². The lowest BCUT2D eigenvalue weighted by atomic mass is 10.1. The third-order valence-electron chi connectivity index (χ3n) is 3.72. The van der Waals surface area contributed by atoms with Crippen LogP contribution >= 0.6 is 12.2 Å². The van der Waals surface area contributed by atoms with Gasteiger partial charge in [-0.1, -0.05) is 25.8 Å². The van der Waals surface area contributed by atoms with E-state index < -0.39 is 0 Å². The van der Waals surface area contributed by atoms with Crippen LogP contribution < -0.4 is 16.2 Å². The lowest BCUT2D eigenvalue weighted by Crippen LogP contribution is -2.47. The minimum atomic E-state index is -0.151. The molecule has 5 heteroatoms. The Bertz CT molecular complexity index is 516. The van der Waals surface area contributed by atoms with E-state index in [0.29, 0.717) is 10.7 Å². The minimum absolute atomic E-state index is 0.151. The van der Waals surface area contributed by atoms with Gasteiger partial charge in [0.25, 0.3) is 5.91 Å². The van der Waals surface area contributed by atoms with Gasteiger partial charge in [-0.05, 0) is 61.2 Å². The second kappa shape index (κ2) is 7.98. The van der Waals surface area contributed by atoms with E-state index in [4.69, 9.17) is 12.2 Å². The van der Waals surface area contributed by atoms with Crippen LogP contribution in [-0.4, -0.2) is 17.6 Å². The number of hydrazine groups is 1. The molecule has 1 amide bonds. The fourth-order valence-corrected chi connectivity index (χ4v) is 2.67. The van der Waals surface area contributed by atoms with Gasteiger partial charge >= 0.3 is 0 Å². The average molecular weight is 305 g/mol. The topological polar surface area (TPSA) is 53.2 Å². The van der Waals surface area contributed by atoms with Crippen molar-refractivity contribution in [2.24, 2.45) is 0 Å². The van der Waals surface area contributed by atoms with Crippen molar-refractivity contribution in [2.75, 3.05) is 6.54 Å². The molecule has 0 saturated heterocycles. The van der Waals surface area contributed by atoms with Gasteiger partial charge in [0.05, 0.1) is 0 Å². The van der Waals surface area contributed by atoms with Gasteiger partial charge in [-0.2, -0.15) is 0 Å². The molecular formula is C16H23N3OS. The minimum Gasteiger partial charge on any atom is -0.361 e. The molecule has 1 aliphatic carbocycles. The number of thiocarbonyl (C=S) groups is 1. The fourth-order valence-electron chi connectivity index (χ4n) is 2.52. The van der Waals surface area contributed by atoms with E-state index in [-0.39, 0.29) is 5.91 Å². The summed E-state index contributed by atoms with van der Waals surface area (Å²) in [5.74, 6) is -0.151. The number of nitrogens with one attached hydrogen (secondary N) is 3. The molecule has 0 bridgehead atoms. The highest BCUT2D eigenvalue weighted by Crippen LogP contribution is 2.22. The molecule has 0 fully saturated rings. The van der Waals surface area contributed by atoms with Crippen molar-refractivity contribution in [3.8, 4) is 0 Å². The van der Waals surface area contributed by atoms with Crippen LogP contribution in [0.3, 0.4) is 0 Å². The molecule has 114 valence electrons. The Hall–Kier alpha value is -1.62. The first kappa shape index (κ1) is 15.8. The lowest BCUT2D eigenvalue weighted by molar-refractivity contribution is 0.0943. The maximum Gasteiger partial charge on any atom is 0.269 e. The Morgan fingerprint density at radius 1 is 1.19 bits per heavy atom. The second-order valence-corrected chi connectivity index (χ2v) is 5.79. The summed E-state index contributed by atoms with van der Waals surface area (Å²) in [4.78, 5) is 12.1. The number of hydrogen-bond donors (Lipinski definition) is 3. The van der Waals surface area contributed by atoms with Crippen LogP contribution in [0.4, 0.5) is 0 Å². The molecule has 0 atom stereocenters. The van der Waals surface area contributed by atoms with E-state index >= 15 is 0 Å². The van der Waals surface area contributed by atoms with Crippen LogP contribution in [0, 0.1) is 0 Å². The van der Waals surface area contributed by atoms with Gasteiger partial charge in [-0.3, -0.25) is 15.6 Å². The molecule has 1 aliphatic rings. The Labute approximate surface area is 131 Å². The molecule has 0 heterocycles. The Balaban J connectivity index is 1.75. The van der Waals surface area contributed by atoms with E-state index in [1.807, 2.05) is 12.1 Å². The number of aryl methyl sites for hydroxylation is 2. The van der Waals surface area contributed by atoms with E-state index in [1.54, 1.807) is 0 Å². The molecular weight excluding hydrogens is 282 g/mol. The zero-order valence-electron chi connectivity index (χ0n) is 12.5. The summed E-state index contributed by atoms with van der Waals surface area (Å²) >= 11 is 5.11. The fraction of sp³-hybridized carbons (Fsp3) is 0.500. The first-order chi connectivity index (χ1) is 10.2. The first-order valence-electron chi connectivity index (χ1n) is 7.66. The van der Waals surface area contributed by atoms with Crippen molar-refractivity contribution in [1.29, 1.82) is 0 Å². The molecule has 21 heavy (non-hydrogen) atoms. The summed E-state index contributed by atoms with van der Waals surface area (Å²) in [5, 5.41) is 3.53. The molecule has 4 nitrogen and oxygen atoms in total. The van der Waals surface area contributed by atoms with Crippen LogP contribution in [0.2, 0.25) is 0 Å². The molecule has 0 aliphatic heterocycles. The molecule has 0 aromatic heterocycles. The highest BCUT2D eigenvalue weighted by molar-refractivity contribution is 7.80. The Morgan fingerprint density at radius 3 is 2.81 bits per heavy atom. The van der Waals surface area contributed by atoms with Crippen LogP contribution in [0.25, 0.3) is 0 Å². The molecule has 3 N–H and O–H groups in total. The maximum absolute atomic E-state index is 12.1. The summed E-state index contributed by atoms with van der Waals surface area (Å²) in [6.45, 7) is 2.99. The van der Waals surface area contributed by atoms with Crippen LogP contribution in [0.1, 0.15) is 54.1 Å². The predicted octanol–water partition coefficient (Wildman–Crippen LogP) is 2.47. The molecule has 1 aromatic carbocycles. The van der Waals surface area contributed by atoms with Crippen LogP contribution in [0.5, 0.6) is 0 Å². The summed E-state index contributed by atoms with van der Waals surface area (Å²) in [6, 6.07) is 5.91. The van der Waals surface area contributed by atoms with E-state index in [2.05, 4.69) is 29.2 Å². The lowest BCUT2D eigenvalue weighted by Gasteiger charge is -2.12. The van der Waals surface area contributed by atoms with Gasteiger partial charge in [0.1, 0.15) is 0 Å². The standard InChI is InChI=1S/C16H23N3OS/c1-2-3-4-10-17-16(21)19-18-15(20)14-9-8-12-6-5-7-13(12)11-14/h8-9,11H,2-7,10H2,1H3,(H,18,20)(H2,17,19,21). The van der Waals surface area contributed by atoms with Gasteiger partial charge < -0.3 is 5.32 Å². The number of benzene rings is 1. The molecule has 2 rings (SSSR count). The van der Waals surface area contributed by atoms with Crippen molar-refractivity contribution in [2.45, 2.75) is 45.4 Å². The number of amides is 1. The van der Waals surface area contributed by atoms with Gasteiger partial charge in [0.2, 0.25) is 0 Å². The number of rotatable bonds is 5. The molecule has 0 unspecified atom stereocenters. The average Bonchev–Trinajstić information content (AvgIpc) is 2.96. The third kappa shape index (κ3) is 4.70. The van der Waals surface area contributed by atoms with E-state index in [1.165, 1.54) is 30.4 Å². The summed E-state index contributed by atoms with van der Waals surface area (Å²) in [7, 11) is 0. The van der Waals surface area contributed by atoms with Crippen molar-refractivity contribution in [1.82, 2.24) is 16.2 Å². The normalized spacial score (nSPS) is 12.6. The summed E-state index contributed by atoms with van der Waals surface area (Å²) < 4.78 is 0. The smallest absolute Gasteiger partial charge is 0.269 e. The Morgan fingerprint density at radius 2 is 2.00 bits per heavy atom. The zero-order valence-corrected chi connectivity index (χ0v) is 13.3. The largest absolute Gasteiger partial charge is 0.361 e. The second-order valence-electron chi connectivity index (χ2n) is 5.38. The van der Waals surface area contributed by atoms with Crippen LogP contribution in [-0.2, 0) is 12.8 Å². The Kier molecular flexibility index (Phi) is 5.99. The monoisotopic (exact) mass is 305 g/mol. The van der Waals surface area contributed by atoms with E-state index in [0.717, 1.165) is 25.8 Å². The number of fused-ring (bicyclic) bond motifs is 1. The van der Waals surface area contributed by atoms with Gasteiger partial charge in [0, 0.05) is 12.1 Å². The molecule has 1 aromatic rings. The van der Waals surface area contributed by atoms with Crippen LogP contribution in [0.15, 0.2) is 18.2 Å². The van der Waals surface area contributed by atoms with Crippen molar-refractivity contribution < 1.29 is 4.79 Å². The van der Waals surface area contributed by atoms with E-state index in [9.17, 15) is 4.79 Å². The molecule has 0 radical (unpaired) electrons. The number of unbranched alkanes of at least 4 members (excludes halogenated alkanes) is 2.